The number of hydrogen-bond donors (Lipinski definition) is 3. The summed E-state index contributed by atoms with van der Waals surface area (Å²) in [5, 5.41) is 26.8. The second-order valence-electron chi connectivity index (χ2n) is 14.4. The predicted octanol–water partition coefficient (Wildman–Crippen LogP) is 5.69. The highest BCUT2D eigenvalue weighted by atomic mass is 127. The van der Waals surface area contributed by atoms with Crippen LogP contribution in [0, 0.1) is 32.7 Å². The highest BCUT2D eigenvalue weighted by Gasteiger charge is 2.57. The summed E-state index contributed by atoms with van der Waals surface area (Å²) in [5.74, 6) is 1.24. The number of aliphatic hydroxyl groups excluding tert-OH is 1. The van der Waals surface area contributed by atoms with Crippen LogP contribution in [0.25, 0.3) is 0 Å². The molecule has 1 amide bonds. The number of nitrogens with zero attached hydrogens (tertiary/aromatic N) is 1. The minimum Gasteiger partial charge on any atom is -0.507 e. The van der Waals surface area contributed by atoms with Crippen molar-refractivity contribution in [2.24, 2.45) is 29.1 Å². The number of amides is 1. The Hall–Kier alpha value is -0.723. The standard InChI is InChI=1S/C30H49IN2O5Si/c1-17-21-13-20(30(21,6)7)14-23(17)32-28(36)26-25(18(2)34)24(16-37-39(8,9)29(3,4)5)38-33(26)15-19-11-10-12-22(31)27(19)35/h10-12,17-18,20-21,23-26,34-35H,13-16H2,1-9H3,(H,32,36)/t17-,18-,20+,21-,23-,24-,25+,26-/m0/s1. The molecule has 3 aliphatic carbocycles. The summed E-state index contributed by atoms with van der Waals surface area (Å²) in [6, 6.07) is 5.00. The van der Waals surface area contributed by atoms with Gasteiger partial charge in [-0.25, -0.2) is 0 Å². The van der Waals surface area contributed by atoms with E-state index in [-0.39, 0.29) is 29.3 Å². The quantitative estimate of drug-likeness (QED) is 0.243. The van der Waals surface area contributed by atoms with Crippen LogP contribution >= 0.6 is 22.6 Å². The maximum Gasteiger partial charge on any atom is 0.240 e. The SMILES string of the molecule is C[C@@H]1[C@@H](NC(=O)[C@@H]2[C@H]([C@H](C)O)[C@H](CO[Si](C)(C)C(C)(C)C)ON2Cc2cccc(I)c2O)C[C@H]2C[C@@H]1C2(C)C. The summed E-state index contributed by atoms with van der Waals surface area (Å²) in [4.78, 5) is 20.5. The molecule has 1 aromatic carbocycles. The van der Waals surface area contributed by atoms with Gasteiger partial charge in [-0.2, -0.15) is 5.06 Å². The number of hydroxylamine groups is 2. The van der Waals surface area contributed by atoms with E-state index in [1.165, 1.54) is 6.42 Å². The summed E-state index contributed by atoms with van der Waals surface area (Å²) in [7, 11) is -2.08. The molecule has 7 nitrogen and oxygen atoms in total. The molecule has 8 atom stereocenters. The number of carbonyl (C=O) groups excluding carboxylic acids is 1. The van der Waals surface area contributed by atoms with Gasteiger partial charge in [0.2, 0.25) is 5.91 Å². The molecule has 0 radical (unpaired) electrons. The number of aliphatic hydroxyl groups is 1. The first-order chi connectivity index (χ1) is 18.0. The number of nitrogens with one attached hydrogen (secondary N) is 1. The number of hydrogen-bond acceptors (Lipinski definition) is 6. The van der Waals surface area contributed by atoms with Crippen LogP contribution in [0.2, 0.25) is 18.1 Å². The fraction of sp³-hybridized carbons (Fsp3) is 0.767. The molecule has 4 aliphatic rings. The van der Waals surface area contributed by atoms with Crippen molar-refractivity contribution in [2.75, 3.05) is 6.61 Å². The molecule has 5 rings (SSSR count). The lowest BCUT2D eigenvalue weighted by atomic mass is 9.45. The predicted molar refractivity (Wildman–Crippen MR) is 164 cm³/mol. The number of aromatic hydroxyl groups is 1. The van der Waals surface area contributed by atoms with Crippen LogP contribution in [0.15, 0.2) is 18.2 Å². The van der Waals surface area contributed by atoms with E-state index in [0.29, 0.717) is 35.3 Å². The Morgan fingerprint density at radius 1 is 1.31 bits per heavy atom. The lowest BCUT2D eigenvalue weighted by Gasteiger charge is -2.62. The van der Waals surface area contributed by atoms with Crippen molar-refractivity contribution >= 4 is 36.8 Å². The zero-order valence-electron chi connectivity index (χ0n) is 25.1. The molecule has 3 N–H and O–H groups in total. The van der Waals surface area contributed by atoms with Crippen LogP contribution in [-0.2, 0) is 20.6 Å². The van der Waals surface area contributed by atoms with Gasteiger partial charge in [0.25, 0.3) is 0 Å². The molecule has 4 fully saturated rings. The highest BCUT2D eigenvalue weighted by molar-refractivity contribution is 14.1. The minimum absolute atomic E-state index is 0.0284. The molecular formula is C30H49IN2O5Si. The van der Waals surface area contributed by atoms with Gasteiger partial charge in [-0.15, -0.1) is 0 Å². The van der Waals surface area contributed by atoms with E-state index in [9.17, 15) is 15.0 Å². The molecule has 1 aromatic rings. The van der Waals surface area contributed by atoms with Gasteiger partial charge < -0.3 is 20.0 Å². The second-order valence-corrected chi connectivity index (χ2v) is 20.3. The maximum absolute atomic E-state index is 14.1. The number of rotatable bonds is 8. The number of benzene rings is 1. The number of fused-ring (bicyclic) bond motifs is 2. The van der Waals surface area contributed by atoms with E-state index in [0.717, 1.165) is 9.99 Å². The zero-order valence-corrected chi connectivity index (χ0v) is 28.3. The fourth-order valence-corrected chi connectivity index (χ4v) is 8.40. The first-order valence-corrected chi connectivity index (χ1v) is 18.5. The molecule has 0 spiro atoms. The normalized spacial score (nSPS) is 33.5. The number of carbonyl (C=O) groups is 1. The molecule has 0 unspecified atom stereocenters. The first kappa shape index (κ1) is 31.2. The van der Waals surface area contributed by atoms with Crippen LogP contribution in [0.4, 0.5) is 0 Å². The summed E-state index contributed by atoms with van der Waals surface area (Å²) < 4.78 is 7.27. The molecule has 39 heavy (non-hydrogen) atoms. The molecule has 220 valence electrons. The summed E-state index contributed by atoms with van der Waals surface area (Å²) in [6.07, 6.45) is 0.975. The van der Waals surface area contributed by atoms with E-state index >= 15 is 0 Å². The topological polar surface area (TPSA) is 91.3 Å². The van der Waals surface area contributed by atoms with E-state index in [4.69, 9.17) is 9.26 Å². The van der Waals surface area contributed by atoms with E-state index in [1.54, 1.807) is 12.0 Å². The third kappa shape index (κ3) is 5.95. The van der Waals surface area contributed by atoms with Crippen molar-refractivity contribution in [3.05, 3.63) is 27.3 Å². The maximum atomic E-state index is 14.1. The third-order valence-corrected chi connectivity index (χ3v) is 16.1. The highest BCUT2D eigenvalue weighted by Crippen LogP contribution is 2.61. The summed E-state index contributed by atoms with van der Waals surface area (Å²) in [5.41, 5.74) is 1.02. The molecule has 2 bridgehead atoms. The van der Waals surface area contributed by atoms with Crippen LogP contribution in [0.1, 0.15) is 66.9 Å². The minimum atomic E-state index is -2.08. The summed E-state index contributed by atoms with van der Waals surface area (Å²) in [6.45, 7) is 20.2. The molecule has 3 saturated carbocycles. The Kier molecular flexibility index (Phi) is 8.94. The molecule has 1 saturated heterocycles. The van der Waals surface area contributed by atoms with E-state index in [1.807, 2.05) is 18.2 Å². The molecular weight excluding hydrogens is 623 g/mol. The Labute approximate surface area is 249 Å². The van der Waals surface area contributed by atoms with Crippen molar-refractivity contribution in [3.63, 3.8) is 0 Å². The van der Waals surface area contributed by atoms with Crippen molar-refractivity contribution < 1.29 is 24.3 Å². The third-order valence-electron chi connectivity index (χ3n) is 10.7. The van der Waals surface area contributed by atoms with Crippen molar-refractivity contribution in [2.45, 2.75) is 110 Å². The average Bonchev–Trinajstić information content (AvgIpc) is 3.19. The van der Waals surface area contributed by atoms with Gasteiger partial charge >= 0.3 is 0 Å². The van der Waals surface area contributed by atoms with E-state index in [2.05, 4.69) is 82.5 Å². The average molecular weight is 673 g/mol. The van der Waals surface area contributed by atoms with Gasteiger partial charge in [0.1, 0.15) is 17.9 Å². The Morgan fingerprint density at radius 2 is 1.97 bits per heavy atom. The monoisotopic (exact) mass is 672 g/mol. The van der Waals surface area contributed by atoms with E-state index < -0.39 is 32.5 Å². The van der Waals surface area contributed by atoms with Gasteiger partial charge in [0.15, 0.2) is 8.32 Å². The zero-order chi connectivity index (χ0) is 29.1. The second kappa shape index (κ2) is 11.2. The number of para-hydroxylation sites is 1. The van der Waals surface area contributed by atoms with Gasteiger partial charge in [-0.05, 0) is 89.7 Å². The number of phenolic OH excluding ortho intramolecular Hbond substituents is 1. The van der Waals surface area contributed by atoms with Crippen molar-refractivity contribution in [3.8, 4) is 5.75 Å². The van der Waals surface area contributed by atoms with Crippen LogP contribution < -0.4 is 5.32 Å². The fourth-order valence-electron chi connectivity index (χ4n) is 6.83. The Balaban J connectivity index is 1.59. The largest absolute Gasteiger partial charge is 0.507 e. The summed E-state index contributed by atoms with van der Waals surface area (Å²) >= 11 is 2.11. The van der Waals surface area contributed by atoms with Gasteiger partial charge in [0, 0.05) is 17.5 Å². The molecule has 9 heteroatoms. The van der Waals surface area contributed by atoms with Crippen LogP contribution in [0.3, 0.4) is 0 Å². The molecule has 1 heterocycles. The Morgan fingerprint density at radius 3 is 2.54 bits per heavy atom. The lowest BCUT2D eigenvalue weighted by Crippen LogP contribution is -2.62. The van der Waals surface area contributed by atoms with Gasteiger partial charge in [-0.3, -0.25) is 9.63 Å². The molecule has 0 aromatic heterocycles. The lowest BCUT2D eigenvalue weighted by molar-refractivity contribution is -0.182. The van der Waals surface area contributed by atoms with Crippen LogP contribution in [0.5, 0.6) is 5.75 Å². The number of phenols is 1. The van der Waals surface area contributed by atoms with Crippen LogP contribution in [-0.4, -0.2) is 60.4 Å². The van der Waals surface area contributed by atoms with Crippen molar-refractivity contribution in [1.82, 2.24) is 10.4 Å². The van der Waals surface area contributed by atoms with Gasteiger partial charge in [-0.1, -0.05) is 53.7 Å². The Bertz CT molecular complexity index is 1060. The van der Waals surface area contributed by atoms with Crippen molar-refractivity contribution in [1.29, 1.82) is 0 Å². The molecule has 1 aliphatic heterocycles. The smallest absolute Gasteiger partial charge is 0.240 e. The van der Waals surface area contributed by atoms with Gasteiger partial charge in [0.05, 0.1) is 22.8 Å². The number of halogens is 1. The first-order valence-electron chi connectivity index (χ1n) is 14.5.